The number of hydrogen-bond donors (Lipinski definition) is 3. The first-order valence-corrected chi connectivity index (χ1v) is 5.53. The highest BCUT2D eigenvalue weighted by Gasteiger charge is 2.31. The first-order chi connectivity index (χ1) is 7.20. The van der Waals surface area contributed by atoms with E-state index >= 15 is 0 Å². The van der Waals surface area contributed by atoms with Crippen molar-refractivity contribution < 1.29 is 31.4 Å². The van der Waals surface area contributed by atoms with Crippen LogP contribution in [0, 0.1) is 0 Å². The van der Waals surface area contributed by atoms with Gasteiger partial charge >= 0.3 is 5.69 Å². The number of thioether (sulfide) groups is 1. The van der Waals surface area contributed by atoms with Gasteiger partial charge in [-0.1, -0.05) is 0 Å². The third-order valence-electron chi connectivity index (χ3n) is 2.09. The number of aliphatic hydroxyl groups excluding tert-OH is 1. The second-order valence-corrected chi connectivity index (χ2v) is 4.34. The number of H-pyrrole nitrogens is 1. The minimum Gasteiger partial charge on any atom is -1.00 e. The lowest BCUT2D eigenvalue weighted by molar-refractivity contribution is -0.770. The van der Waals surface area contributed by atoms with Crippen LogP contribution in [0.2, 0.25) is 0 Å². The van der Waals surface area contributed by atoms with Crippen LogP contribution in [0.1, 0.15) is 6.23 Å². The van der Waals surface area contributed by atoms with Crippen molar-refractivity contribution in [3.63, 3.8) is 0 Å². The molecule has 2 rings (SSSR count). The van der Waals surface area contributed by atoms with E-state index in [-0.39, 0.29) is 40.9 Å². The Labute approximate surface area is 107 Å². The molecule has 0 aliphatic carbocycles. The van der Waals surface area contributed by atoms with E-state index in [1.165, 1.54) is 16.3 Å². The number of nitrogens with zero attached hydrogens (tertiary/aromatic N) is 1. The molecule has 0 bridgehead atoms. The summed E-state index contributed by atoms with van der Waals surface area (Å²) >= 11 is 1.48. The summed E-state index contributed by atoms with van der Waals surface area (Å²) < 4.78 is 6.86. The molecule has 1 aliphatic heterocycles. The molecular weight excluding hydrogens is 298 g/mol. The molecule has 0 unspecified atom stereocenters. The van der Waals surface area contributed by atoms with Gasteiger partial charge in [0.2, 0.25) is 6.23 Å². The van der Waals surface area contributed by atoms with Gasteiger partial charge < -0.3 is 32.6 Å². The zero-order valence-electron chi connectivity index (χ0n) is 8.30. The van der Waals surface area contributed by atoms with E-state index in [0.717, 1.165) is 0 Å². The molecule has 0 amide bonds. The van der Waals surface area contributed by atoms with Crippen molar-refractivity contribution in [2.24, 2.45) is 0 Å². The Hall–Kier alpha value is -0.570. The van der Waals surface area contributed by atoms with Gasteiger partial charge in [0, 0.05) is 6.07 Å². The Morgan fingerprint density at radius 1 is 1.75 bits per heavy atom. The fourth-order valence-corrected chi connectivity index (χ4v) is 2.30. The van der Waals surface area contributed by atoms with Crippen LogP contribution >= 0.6 is 11.8 Å². The third kappa shape index (κ3) is 2.76. The van der Waals surface area contributed by atoms with Crippen LogP contribution in [-0.2, 0) is 4.74 Å². The van der Waals surface area contributed by atoms with E-state index in [1.807, 2.05) is 0 Å². The molecule has 90 valence electrons. The van der Waals surface area contributed by atoms with Crippen molar-refractivity contribution in [3.05, 3.63) is 22.7 Å². The SMILES string of the molecule is Nc1cc[n+]([C@H]2CS[C@@H](CO)O2)c(=O)[nH]1.[Br-]. The third-order valence-corrected chi connectivity index (χ3v) is 3.20. The minimum atomic E-state index is -0.337. The summed E-state index contributed by atoms with van der Waals surface area (Å²) in [6.07, 6.45) is 1.25. The summed E-state index contributed by atoms with van der Waals surface area (Å²) in [6.45, 7) is -0.0470. The van der Waals surface area contributed by atoms with Crippen LogP contribution in [0.25, 0.3) is 0 Å². The van der Waals surface area contributed by atoms with E-state index in [9.17, 15) is 4.79 Å². The number of nitrogen functional groups attached to an aromatic ring is 1. The van der Waals surface area contributed by atoms with Gasteiger partial charge in [-0.05, 0) is 0 Å². The first-order valence-electron chi connectivity index (χ1n) is 4.48. The summed E-state index contributed by atoms with van der Waals surface area (Å²) in [5.74, 6) is 0.962. The zero-order chi connectivity index (χ0) is 10.8. The Balaban J connectivity index is 0.00000128. The summed E-state index contributed by atoms with van der Waals surface area (Å²) in [5, 5.41) is 8.88. The minimum absolute atomic E-state index is 0. The molecule has 8 heteroatoms. The van der Waals surface area contributed by atoms with Crippen LogP contribution in [0.15, 0.2) is 17.1 Å². The van der Waals surface area contributed by atoms with Crippen molar-refractivity contribution in [3.8, 4) is 0 Å². The molecule has 0 aromatic carbocycles. The number of hydrogen-bond acceptors (Lipinski definition) is 5. The van der Waals surface area contributed by atoms with Crippen LogP contribution in [-0.4, -0.2) is 27.9 Å². The van der Waals surface area contributed by atoms with Gasteiger partial charge in [-0.2, -0.15) is 14.3 Å². The van der Waals surface area contributed by atoms with E-state index in [4.69, 9.17) is 15.6 Å². The molecule has 1 saturated heterocycles. The summed E-state index contributed by atoms with van der Waals surface area (Å²) in [7, 11) is 0. The number of ether oxygens (including phenoxy) is 1. The Morgan fingerprint density at radius 3 is 3.06 bits per heavy atom. The predicted octanol–water partition coefficient (Wildman–Crippen LogP) is -4.17. The highest BCUT2D eigenvalue weighted by atomic mass is 79.9. The van der Waals surface area contributed by atoms with Crippen LogP contribution < -0.4 is 33.0 Å². The lowest BCUT2D eigenvalue weighted by Gasteiger charge is -2.07. The lowest BCUT2D eigenvalue weighted by Crippen LogP contribution is -3.00. The van der Waals surface area contributed by atoms with Crippen molar-refractivity contribution in [2.45, 2.75) is 11.7 Å². The Bertz CT molecular complexity index is 414. The Morgan fingerprint density at radius 2 is 2.50 bits per heavy atom. The number of nitrogens with two attached hydrogens (primary N) is 1. The summed E-state index contributed by atoms with van der Waals surface area (Å²) in [6, 6.07) is 1.60. The normalized spacial score (nSPS) is 24.1. The van der Waals surface area contributed by atoms with Gasteiger partial charge in [-0.15, -0.1) is 11.8 Å². The van der Waals surface area contributed by atoms with Gasteiger partial charge in [0.25, 0.3) is 0 Å². The second kappa shape index (κ2) is 5.67. The average molecular weight is 310 g/mol. The van der Waals surface area contributed by atoms with E-state index in [1.54, 1.807) is 12.3 Å². The molecule has 2 heterocycles. The molecule has 6 nitrogen and oxygen atoms in total. The zero-order valence-corrected chi connectivity index (χ0v) is 10.7. The van der Waals surface area contributed by atoms with Crippen LogP contribution in [0.4, 0.5) is 5.82 Å². The maximum Gasteiger partial charge on any atom is 0.499 e. The van der Waals surface area contributed by atoms with Gasteiger partial charge in [-0.3, -0.25) is 0 Å². The Kier molecular flexibility index (Phi) is 4.78. The van der Waals surface area contributed by atoms with Crippen molar-refractivity contribution in [1.82, 2.24) is 4.98 Å². The number of halogens is 1. The summed E-state index contributed by atoms with van der Waals surface area (Å²) in [4.78, 5) is 14.0. The summed E-state index contributed by atoms with van der Waals surface area (Å²) in [5.41, 5.74) is 4.87. The van der Waals surface area contributed by atoms with E-state index in [0.29, 0.717) is 11.6 Å². The van der Waals surface area contributed by atoms with Crippen molar-refractivity contribution in [1.29, 1.82) is 0 Å². The van der Waals surface area contributed by atoms with Crippen LogP contribution in [0.5, 0.6) is 0 Å². The quantitative estimate of drug-likeness (QED) is 0.482. The van der Waals surface area contributed by atoms with Gasteiger partial charge in [0.15, 0.2) is 5.82 Å². The number of nitrogens with one attached hydrogen (secondary N) is 1. The lowest BCUT2D eigenvalue weighted by atomic mass is 10.5. The molecule has 0 radical (unpaired) electrons. The number of aliphatic hydroxyl groups is 1. The van der Waals surface area contributed by atoms with Crippen LogP contribution in [0.3, 0.4) is 0 Å². The number of aromatic amines is 1. The monoisotopic (exact) mass is 309 g/mol. The predicted molar refractivity (Wildman–Crippen MR) is 55.1 cm³/mol. The van der Waals surface area contributed by atoms with Gasteiger partial charge in [0.05, 0.1) is 12.4 Å². The van der Waals surface area contributed by atoms with Crippen molar-refractivity contribution >= 4 is 17.6 Å². The topological polar surface area (TPSA) is 92.2 Å². The van der Waals surface area contributed by atoms with E-state index < -0.39 is 0 Å². The number of rotatable bonds is 2. The molecule has 1 fully saturated rings. The van der Waals surface area contributed by atoms with Gasteiger partial charge in [-0.25, -0.2) is 0 Å². The molecule has 2 atom stereocenters. The molecule has 1 aromatic rings. The van der Waals surface area contributed by atoms with Crippen molar-refractivity contribution in [2.75, 3.05) is 18.1 Å². The van der Waals surface area contributed by atoms with Gasteiger partial charge in [0.1, 0.15) is 11.6 Å². The maximum absolute atomic E-state index is 11.5. The highest BCUT2D eigenvalue weighted by molar-refractivity contribution is 8.00. The molecule has 0 saturated carbocycles. The number of aromatic nitrogens is 2. The second-order valence-electron chi connectivity index (χ2n) is 3.14. The maximum atomic E-state index is 11.5. The molecule has 4 N–H and O–H groups in total. The smallest absolute Gasteiger partial charge is 0.499 e. The fraction of sp³-hybridized carbons (Fsp3) is 0.500. The largest absolute Gasteiger partial charge is 1.00 e. The number of anilines is 1. The highest BCUT2D eigenvalue weighted by Crippen LogP contribution is 2.27. The molecule has 1 aliphatic rings. The standard InChI is InChI=1S/C8H11N3O3S.BrH/c9-5-1-2-11(8(13)10-5)6-4-15-7(3-12)14-6;/h1-2,6-7,12H,3-4H2,(H2,9,10,13);1H/t6-,7+;/m1./s1. The average Bonchev–Trinajstić information content (AvgIpc) is 2.66. The first kappa shape index (κ1) is 13.5. The fourth-order valence-electron chi connectivity index (χ4n) is 1.37. The molecule has 1 aromatic heterocycles. The molecular formula is C8H12BrN3O3S. The van der Waals surface area contributed by atoms with E-state index in [2.05, 4.69) is 4.98 Å². The molecule has 16 heavy (non-hydrogen) atoms. The molecule has 0 spiro atoms.